The molecule has 0 bridgehead atoms. The van der Waals surface area contributed by atoms with Crippen LogP contribution in [-0.4, -0.2) is 49.1 Å². The zero-order valence-electron chi connectivity index (χ0n) is 19.5. The average Bonchev–Trinajstić information content (AvgIpc) is 2.75. The largest absolute Gasteiger partial charge is 0.490 e. The van der Waals surface area contributed by atoms with E-state index in [1.165, 1.54) is 18.2 Å². The van der Waals surface area contributed by atoms with Gasteiger partial charge in [0.05, 0.1) is 10.8 Å². The fourth-order valence-corrected chi connectivity index (χ4v) is 3.84. The number of aryl methyl sites for hydroxylation is 2. The van der Waals surface area contributed by atoms with Crippen LogP contribution in [0.1, 0.15) is 29.2 Å². The highest BCUT2D eigenvalue weighted by Crippen LogP contribution is 2.27. The molecule has 13 nitrogen and oxygen atoms in total. The lowest BCUT2D eigenvalue weighted by Gasteiger charge is -2.18. The van der Waals surface area contributed by atoms with Crippen LogP contribution in [0.4, 0.5) is 18.9 Å². The number of hydrogen-bond donors (Lipinski definition) is 6. The van der Waals surface area contributed by atoms with Gasteiger partial charge >= 0.3 is 12.1 Å². The van der Waals surface area contributed by atoms with Crippen LogP contribution in [0.3, 0.4) is 0 Å². The number of alkyl halides is 3. The third kappa shape index (κ3) is 9.71. The molecule has 9 N–H and O–H groups in total. The molecule has 2 aromatic rings. The van der Waals surface area contributed by atoms with Crippen LogP contribution in [-0.2, 0) is 24.4 Å². The lowest BCUT2D eigenvalue weighted by atomic mass is 9.94. The van der Waals surface area contributed by atoms with Gasteiger partial charge < -0.3 is 32.1 Å². The number of H-pyrrole nitrogens is 1. The first kappa shape index (κ1) is 30.8. The van der Waals surface area contributed by atoms with E-state index in [9.17, 15) is 31.2 Å². The van der Waals surface area contributed by atoms with E-state index in [1.54, 1.807) is 19.1 Å². The fourth-order valence-electron chi connectivity index (χ4n) is 2.75. The van der Waals surface area contributed by atoms with Crippen molar-refractivity contribution in [3.05, 3.63) is 57.5 Å². The maximum absolute atomic E-state index is 12.8. The lowest BCUT2D eigenvalue weighted by molar-refractivity contribution is -0.192. The van der Waals surface area contributed by atoms with Crippen LogP contribution < -0.4 is 27.5 Å². The first-order chi connectivity index (χ1) is 17.0. The van der Waals surface area contributed by atoms with E-state index in [0.717, 1.165) is 5.56 Å². The van der Waals surface area contributed by atoms with E-state index in [4.69, 9.17) is 31.9 Å². The van der Waals surface area contributed by atoms with Crippen LogP contribution >= 0.6 is 0 Å². The summed E-state index contributed by atoms with van der Waals surface area (Å²) in [7, 11) is -4.09. The summed E-state index contributed by atoms with van der Waals surface area (Å²) in [5.74, 6) is -4.86. The number of halogens is 3. The second kappa shape index (κ2) is 12.6. The quantitative estimate of drug-likeness (QED) is 0.111. The summed E-state index contributed by atoms with van der Waals surface area (Å²) >= 11 is 0. The Labute approximate surface area is 208 Å². The Kier molecular flexibility index (Phi) is 10.5. The van der Waals surface area contributed by atoms with Crippen LogP contribution in [0.25, 0.3) is 0 Å². The smallest absolute Gasteiger partial charge is 0.475 e. The van der Waals surface area contributed by atoms with E-state index in [1.807, 2.05) is 6.92 Å². The lowest BCUT2D eigenvalue weighted by Crippen LogP contribution is -2.29. The maximum Gasteiger partial charge on any atom is 0.490 e. The highest BCUT2D eigenvalue weighted by Gasteiger charge is 2.38. The molecule has 0 saturated heterocycles. The molecule has 0 aliphatic rings. The number of sulfonamides is 1. The minimum Gasteiger partial charge on any atom is -0.475 e. The van der Waals surface area contributed by atoms with Gasteiger partial charge in [0, 0.05) is 5.69 Å². The van der Waals surface area contributed by atoms with E-state index in [0.29, 0.717) is 5.69 Å². The van der Waals surface area contributed by atoms with Crippen molar-refractivity contribution in [2.45, 2.75) is 37.3 Å². The van der Waals surface area contributed by atoms with Gasteiger partial charge in [-0.2, -0.15) is 13.2 Å². The van der Waals surface area contributed by atoms with Crippen molar-refractivity contribution in [1.82, 2.24) is 4.98 Å². The van der Waals surface area contributed by atoms with Gasteiger partial charge in [-0.1, -0.05) is 17.7 Å². The number of carboxylic acids is 1. The number of aromatic nitrogens is 1. The summed E-state index contributed by atoms with van der Waals surface area (Å²) in [4.78, 5) is 40.9. The van der Waals surface area contributed by atoms with Gasteiger partial charge in [-0.3, -0.25) is 14.3 Å². The second-order valence-electron chi connectivity index (χ2n) is 7.43. The monoisotopic (exact) mass is 550 g/mol. The molecule has 2 rings (SSSR count). The first-order valence-electron chi connectivity index (χ1n) is 10.1. The molecule has 0 aliphatic heterocycles. The van der Waals surface area contributed by atoms with Gasteiger partial charge in [0.2, 0.25) is 11.9 Å². The molecule has 1 aromatic carbocycles. The van der Waals surface area contributed by atoms with E-state index in [-0.39, 0.29) is 35.1 Å². The van der Waals surface area contributed by atoms with Crippen molar-refractivity contribution < 1.29 is 41.1 Å². The number of nitrogens with two attached hydrogens (primary N) is 3. The van der Waals surface area contributed by atoms with E-state index in [2.05, 4.69) is 14.9 Å². The standard InChI is InChI=1S/C18H24N6O5S.C2HF3O2/c1-10-3-5-12(6-4-10)30(27,28)24-15-14(9-11(2)22-17(15)26)13(16(19)25)7-8-29-23-18(20)21;3-2(4,5)1(6)7/h3-6,9,13,24H,7-8H2,1-2H3,(H2,19,25)(H,22,26)(H4,20,21,23);(H,6,7). The van der Waals surface area contributed by atoms with Gasteiger partial charge in [0.15, 0.2) is 0 Å². The van der Waals surface area contributed by atoms with E-state index >= 15 is 0 Å². The molecule has 0 aliphatic carbocycles. The second-order valence-corrected chi connectivity index (χ2v) is 9.11. The Morgan fingerprint density at radius 2 is 1.70 bits per heavy atom. The number of nitrogens with zero attached hydrogens (tertiary/aromatic N) is 1. The summed E-state index contributed by atoms with van der Waals surface area (Å²) < 4.78 is 59.6. The number of aliphatic carboxylic acids is 1. The van der Waals surface area contributed by atoms with Gasteiger partial charge in [-0.15, -0.1) is 0 Å². The number of anilines is 1. The predicted octanol–water partition coefficient (Wildman–Crippen LogP) is 0.590. The highest BCUT2D eigenvalue weighted by molar-refractivity contribution is 7.92. The number of benzene rings is 1. The molecule has 1 amide bonds. The molecule has 1 heterocycles. The number of carboxylic acid groups (broad SMARTS) is 1. The SMILES string of the molecule is Cc1ccc(S(=O)(=O)Nc2c(C(CCON=C(N)N)C(N)=O)cc(C)[nH]c2=O)cc1.O=C(O)C(F)(F)F. The molecule has 1 unspecified atom stereocenters. The van der Waals surface area contributed by atoms with Gasteiger partial charge in [0.1, 0.15) is 12.3 Å². The van der Waals surface area contributed by atoms with Crippen LogP contribution in [0.15, 0.2) is 45.2 Å². The molecule has 0 fully saturated rings. The normalized spacial score (nSPS) is 11.9. The summed E-state index contributed by atoms with van der Waals surface area (Å²) in [6.07, 6.45) is -5.08. The van der Waals surface area contributed by atoms with E-state index < -0.39 is 39.6 Å². The topological polar surface area (TPSA) is 233 Å². The number of aromatic amines is 1. The summed E-state index contributed by atoms with van der Waals surface area (Å²) in [5, 5.41) is 10.5. The van der Waals surface area contributed by atoms with Crippen molar-refractivity contribution in [2.75, 3.05) is 11.3 Å². The van der Waals surface area contributed by atoms with Crippen molar-refractivity contribution >= 4 is 33.5 Å². The molecule has 17 heteroatoms. The van der Waals surface area contributed by atoms with Crippen LogP contribution in [0.2, 0.25) is 0 Å². The Hall–Kier alpha value is -4.28. The number of primary amides is 1. The number of pyridine rings is 1. The Morgan fingerprint density at radius 1 is 1.16 bits per heavy atom. The number of guanidine groups is 1. The minimum atomic E-state index is -5.08. The number of carbonyl (C=O) groups is 2. The number of carbonyl (C=O) groups excluding carboxylic acids is 1. The van der Waals surface area contributed by atoms with Crippen molar-refractivity contribution in [1.29, 1.82) is 0 Å². The maximum atomic E-state index is 12.8. The Balaban J connectivity index is 0.000000856. The molecule has 1 atom stereocenters. The Bertz CT molecular complexity index is 1310. The van der Waals surface area contributed by atoms with Crippen molar-refractivity contribution in [2.24, 2.45) is 22.4 Å². The average molecular weight is 551 g/mol. The van der Waals surface area contributed by atoms with Gasteiger partial charge in [-0.05, 0) is 49.2 Å². The third-order valence-electron chi connectivity index (χ3n) is 4.40. The molecule has 0 spiro atoms. The van der Waals surface area contributed by atoms with Crippen molar-refractivity contribution in [3.8, 4) is 0 Å². The molecule has 0 radical (unpaired) electrons. The summed E-state index contributed by atoms with van der Waals surface area (Å²) in [6, 6.07) is 7.55. The molecule has 204 valence electrons. The summed E-state index contributed by atoms with van der Waals surface area (Å²) in [5.41, 5.74) is 16.2. The zero-order chi connectivity index (χ0) is 28.6. The third-order valence-corrected chi connectivity index (χ3v) is 5.76. The number of hydrogen-bond acceptors (Lipinski definition) is 7. The van der Waals surface area contributed by atoms with Crippen molar-refractivity contribution in [3.63, 3.8) is 0 Å². The highest BCUT2D eigenvalue weighted by atomic mass is 32.2. The summed E-state index contributed by atoms with van der Waals surface area (Å²) in [6.45, 7) is 3.31. The zero-order valence-corrected chi connectivity index (χ0v) is 20.3. The van der Waals surface area contributed by atoms with Crippen LogP contribution in [0.5, 0.6) is 0 Å². The first-order valence-corrected chi connectivity index (χ1v) is 11.6. The molecule has 0 saturated carbocycles. The molecular weight excluding hydrogens is 525 g/mol. The number of amides is 1. The van der Waals surface area contributed by atoms with Crippen LogP contribution in [0, 0.1) is 13.8 Å². The number of nitrogens with one attached hydrogen (secondary N) is 2. The van der Waals surface area contributed by atoms with Gasteiger partial charge in [0.25, 0.3) is 15.6 Å². The minimum absolute atomic E-state index is 0.00820. The molecular formula is C20H25F3N6O7S. The fraction of sp³-hybridized carbons (Fsp3) is 0.300. The predicted molar refractivity (Wildman–Crippen MR) is 126 cm³/mol. The number of rotatable bonds is 9. The molecule has 1 aromatic heterocycles. The number of oxime groups is 1. The van der Waals surface area contributed by atoms with Gasteiger partial charge in [-0.25, -0.2) is 13.2 Å². The molecule has 37 heavy (non-hydrogen) atoms. The Morgan fingerprint density at radius 3 is 2.16 bits per heavy atom.